The van der Waals surface area contributed by atoms with E-state index in [1.807, 2.05) is 12.1 Å². The zero-order chi connectivity index (χ0) is 13.9. The minimum atomic E-state index is -0.919. The van der Waals surface area contributed by atoms with Gasteiger partial charge in [0.25, 0.3) is 0 Å². The Balaban J connectivity index is 1.91. The van der Waals surface area contributed by atoms with Crippen molar-refractivity contribution >= 4 is 17.9 Å². The van der Waals surface area contributed by atoms with Gasteiger partial charge in [-0.05, 0) is 49.8 Å². The van der Waals surface area contributed by atoms with Gasteiger partial charge in [0.2, 0.25) is 0 Å². The predicted molar refractivity (Wildman–Crippen MR) is 78.6 cm³/mol. The molecule has 1 aliphatic heterocycles. The van der Waals surface area contributed by atoms with Gasteiger partial charge in [0.05, 0.1) is 0 Å². The van der Waals surface area contributed by atoms with E-state index >= 15 is 0 Å². The maximum Gasteiger partial charge on any atom is 0.328 e. The maximum absolute atomic E-state index is 10.7. The van der Waals surface area contributed by atoms with Crippen LogP contribution in [0.15, 0.2) is 24.4 Å². The molecule has 2 heterocycles. The minimum absolute atomic E-state index is 0.593. The van der Waals surface area contributed by atoms with E-state index in [0.29, 0.717) is 6.04 Å². The van der Waals surface area contributed by atoms with Crippen LogP contribution in [0, 0.1) is 5.92 Å². The topological polar surface area (TPSA) is 53.4 Å². The lowest BCUT2D eigenvalue weighted by Crippen LogP contribution is -2.43. The normalized spacial score (nSPS) is 25.9. The van der Waals surface area contributed by atoms with Crippen LogP contribution in [0.5, 0.6) is 0 Å². The zero-order valence-electron chi connectivity index (χ0n) is 11.5. The number of pyridine rings is 1. The molecule has 1 aromatic rings. The van der Waals surface area contributed by atoms with Crippen LogP contribution in [0.3, 0.4) is 0 Å². The molecular formula is C16H20N2O2. The van der Waals surface area contributed by atoms with Gasteiger partial charge in [-0.15, -0.1) is 0 Å². The van der Waals surface area contributed by atoms with Crippen molar-refractivity contribution in [1.82, 2.24) is 4.98 Å². The van der Waals surface area contributed by atoms with Gasteiger partial charge in [0.1, 0.15) is 5.82 Å². The highest BCUT2D eigenvalue weighted by Gasteiger charge is 2.36. The molecule has 1 N–H and O–H groups in total. The lowest BCUT2D eigenvalue weighted by Gasteiger charge is -2.39. The van der Waals surface area contributed by atoms with Crippen LogP contribution in [0.25, 0.3) is 6.08 Å². The van der Waals surface area contributed by atoms with Crippen LogP contribution < -0.4 is 4.90 Å². The van der Waals surface area contributed by atoms with Crippen molar-refractivity contribution in [2.24, 2.45) is 5.92 Å². The second-order valence-corrected chi connectivity index (χ2v) is 5.68. The van der Waals surface area contributed by atoms with Gasteiger partial charge >= 0.3 is 5.97 Å². The van der Waals surface area contributed by atoms with Crippen LogP contribution in [-0.4, -0.2) is 28.6 Å². The van der Waals surface area contributed by atoms with E-state index in [9.17, 15) is 4.79 Å². The van der Waals surface area contributed by atoms with E-state index in [1.54, 1.807) is 12.3 Å². The number of aliphatic carboxylic acids is 1. The Hall–Kier alpha value is -1.84. The van der Waals surface area contributed by atoms with Crippen molar-refractivity contribution in [2.75, 3.05) is 11.4 Å². The maximum atomic E-state index is 10.7. The number of fused-ring (bicyclic) bond motifs is 1. The Kier molecular flexibility index (Phi) is 3.72. The number of carboxylic acids is 1. The van der Waals surface area contributed by atoms with Gasteiger partial charge in [-0.1, -0.05) is 6.42 Å². The highest BCUT2D eigenvalue weighted by Crippen LogP contribution is 2.39. The zero-order valence-corrected chi connectivity index (χ0v) is 11.5. The van der Waals surface area contributed by atoms with E-state index < -0.39 is 5.97 Å². The summed E-state index contributed by atoms with van der Waals surface area (Å²) >= 11 is 0. The SMILES string of the molecule is O=C(O)/C=C/c1cccnc1N1CCCC2CCCC21. The first-order chi connectivity index (χ1) is 9.75. The minimum Gasteiger partial charge on any atom is -0.478 e. The smallest absolute Gasteiger partial charge is 0.328 e. The predicted octanol–water partition coefficient (Wildman–Crippen LogP) is 2.95. The van der Waals surface area contributed by atoms with Crippen LogP contribution in [0.1, 0.15) is 37.7 Å². The van der Waals surface area contributed by atoms with E-state index in [4.69, 9.17) is 5.11 Å². The molecule has 106 valence electrons. The lowest BCUT2D eigenvalue weighted by molar-refractivity contribution is -0.131. The Labute approximate surface area is 119 Å². The second-order valence-electron chi connectivity index (χ2n) is 5.68. The van der Waals surface area contributed by atoms with Crippen LogP contribution in [-0.2, 0) is 4.79 Å². The number of carbonyl (C=O) groups is 1. The molecule has 2 atom stereocenters. The Morgan fingerprint density at radius 2 is 2.20 bits per heavy atom. The first kappa shape index (κ1) is 13.2. The summed E-state index contributed by atoms with van der Waals surface area (Å²) in [6.45, 7) is 1.03. The van der Waals surface area contributed by atoms with Gasteiger partial charge in [0.15, 0.2) is 0 Å². The van der Waals surface area contributed by atoms with Gasteiger partial charge in [-0.2, -0.15) is 0 Å². The van der Waals surface area contributed by atoms with E-state index in [-0.39, 0.29) is 0 Å². The molecule has 0 bridgehead atoms. The molecule has 2 aliphatic rings. The molecule has 0 radical (unpaired) electrons. The van der Waals surface area contributed by atoms with Crippen molar-refractivity contribution in [3.8, 4) is 0 Å². The first-order valence-corrected chi connectivity index (χ1v) is 7.38. The lowest BCUT2D eigenvalue weighted by atomic mass is 9.91. The molecule has 2 fully saturated rings. The molecule has 4 heteroatoms. The number of nitrogens with zero attached hydrogens (tertiary/aromatic N) is 2. The van der Waals surface area contributed by atoms with Crippen molar-refractivity contribution in [2.45, 2.75) is 38.1 Å². The van der Waals surface area contributed by atoms with Gasteiger partial charge < -0.3 is 10.0 Å². The summed E-state index contributed by atoms with van der Waals surface area (Å²) < 4.78 is 0. The summed E-state index contributed by atoms with van der Waals surface area (Å²) in [7, 11) is 0. The molecule has 3 rings (SSSR count). The summed E-state index contributed by atoms with van der Waals surface area (Å²) in [6.07, 6.45) is 11.1. The number of anilines is 1. The van der Waals surface area contributed by atoms with E-state index in [2.05, 4.69) is 9.88 Å². The number of hydrogen-bond donors (Lipinski definition) is 1. The third-order valence-electron chi connectivity index (χ3n) is 4.49. The average Bonchev–Trinajstić information content (AvgIpc) is 2.93. The molecule has 4 nitrogen and oxygen atoms in total. The first-order valence-electron chi connectivity index (χ1n) is 7.38. The molecule has 0 amide bonds. The summed E-state index contributed by atoms with van der Waals surface area (Å²) in [5.41, 5.74) is 0.905. The quantitative estimate of drug-likeness (QED) is 0.860. The second kappa shape index (κ2) is 5.65. The Morgan fingerprint density at radius 1 is 1.35 bits per heavy atom. The number of piperidine rings is 1. The molecule has 1 saturated carbocycles. The van der Waals surface area contributed by atoms with Gasteiger partial charge in [0, 0.05) is 30.4 Å². The van der Waals surface area contributed by atoms with E-state index in [1.165, 1.54) is 38.2 Å². The van der Waals surface area contributed by atoms with Crippen molar-refractivity contribution in [1.29, 1.82) is 0 Å². The summed E-state index contributed by atoms with van der Waals surface area (Å²) in [4.78, 5) is 17.6. The highest BCUT2D eigenvalue weighted by molar-refractivity contribution is 5.86. The fraction of sp³-hybridized carbons (Fsp3) is 0.500. The monoisotopic (exact) mass is 272 g/mol. The fourth-order valence-corrected chi connectivity index (χ4v) is 3.66. The summed E-state index contributed by atoms with van der Waals surface area (Å²) in [5.74, 6) is 0.820. The largest absolute Gasteiger partial charge is 0.478 e. The van der Waals surface area contributed by atoms with E-state index in [0.717, 1.165) is 23.8 Å². The Bertz CT molecular complexity index is 527. The number of carboxylic acid groups (broad SMARTS) is 1. The Morgan fingerprint density at radius 3 is 3.05 bits per heavy atom. The third kappa shape index (κ3) is 2.55. The van der Waals surface area contributed by atoms with Gasteiger partial charge in [-0.25, -0.2) is 9.78 Å². The van der Waals surface area contributed by atoms with Crippen LogP contribution in [0.4, 0.5) is 5.82 Å². The molecule has 2 unspecified atom stereocenters. The molecule has 0 aromatic carbocycles. The number of aromatic nitrogens is 1. The average molecular weight is 272 g/mol. The molecule has 1 aliphatic carbocycles. The highest BCUT2D eigenvalue weighted by atomic mass is 16.4. The number of hydrogen-bond acceptors (Lipinski definition) is 3. The molecule has 1 aromatic heterocycles. The fourth-order valence-electron chi connectivity index (χ4n) is 3.66. The molecular weight excluding hydrogens is 252 g/mol. The van der Waals surface area contributed by atoms with Crippen LogP contribution in [0.2, 0.25) is 0 Å². The summed E-state index contributed by atoms with van der Waals surface area (Å²) in [6, 6.07) is 4.40. The van der Waals surface area contributed by atoms with Crippen molar-refractivity contribution in [3.05, 3.63) is 30.0 Å². The van der Waals surface area contributed by atoms with Crippen molar-refractivity contribution in [3.63, 3.8) is 0 Å². The standard InChI is InChI=1S/C16H20N2O2/c19-15(20)9-8-13-5-2-10-17-16(13)18-11-3-6-12-4-1-7-14(12)18/h2,5,8-10,12,14H,1,3-4,6-7,11H2,(H,19,20)/b9-8+. The van der Waals surface area contributed by atoms with Gasteiger partial charge in [-0.3, -0.25) is 0 Å². The summed E-state index contributed by atoms with van der Waals surface area (Å²) in [5, 5.41) is 8.81. The molecule has 0 spiro atoms. The third-order valence-corrected chi connectivity index (χ3v) is 4.49. The number of rotatable bonds is 3. The molecule has 20 heavy (non-hydrogen) atoms. The molecule has 1 saturated heterocycles. The van der Waals surface area contributed by atoms with Crippen LogP contribution >= 0.6 is 0 Å². The van der Waals surface area contributed by atoms with Crippen molar-refractivity contribution < 1.29 is 9.90 Å².